The molecule has 0 saturated carbocycles. The number of nitrogens with zero attached hydrogens (tertiary/aromatic N) is 1. The Morgan fingerprint density at radius 3 is 1.63 bits per heavy atom. The van der Waals surface area contributed by atoms with E-state index in [9.17, 15) is 0 Å². The van der Waals surface area contributed by atoms with Gasteiger partial charge in [-0.1, -0.05) is 115 Å². The topological polar surface area (TPSA) is 3.24 Å². The summed E-state index contributed by atoms with van der Waals surface area (Å²) in [4.78, 5) is 2.72. The fourth-order valence-corrected chi connectivity index (χ4v) is 3.67. The van der Waals surface area contributed by atoms with Crippen molar-refractivity contribution in [3.05, 3.63) is 42.0 Å². The molecule has 0 amide bonds. The highest BCUT2D eigenvalue weighted by Gasteiger charge is 2.06. The summed E-state index contributed by atoms with van der Waals surface area (Å²) < 4.78 is 0. The molecule has 1 aromatic rings. The zero-order valence-corrected chi connectivity index (χ0v) is 18.4. The van der Waals surface area contributed by atoms with E-state index in [-0.39, 0.29) is 0 Å². The molecule has 1 rings (SSSR count). The van der Waals surface area contributed by atoms with Crippen molar-refractivity contribution < 1.29 is 0 Å². The lowest BCUT2D eigenvalue weighted by atomic mass is 10.1. The Kier molecular flexibility index (Phi) is 15.1. The predicted molar refractivity (Wildman–Crippen MR) is 123 cm³/mol. The van der Waals surface area contributed by atoms with Gasteiger partial charge in [0.05, 0.1) is 0 Å². The van der Waals surface area contributed by atoms with Gasteiger partial charge in [-0.05, 0) is 43.5 Å². The summed E-state index contributed by atoms with van der Waals surface area (Å²) in [7, 11) is 0. The van der Waals surface area contributed by atoms with E-state index in [4.69, 9.17) is 0 Å². The van der Waals surface area contributed by atoms with E-state index in [1.165, 1.54) is 114 Å². The van der Waals surface area contributed by atoms with Gasteiger partial charge >= 0.3 is 0 Å². The Labute approximate surface area is 170 Å². The second kappa shape index (κ2) is 17.0. The van der Waals surface area contributed by atoms with Crippen molar-refractivity contribution in [3.8, 4) is 0 Å². The summed E-state index contributed by atoms with van der Waals surface area (Å²) in [5.74, 6) is 0. The molecule has 1 heteroatoms. The van der Waals surface area contributed by atoms with Crippen molar-refractivity contribution >= 4 is 6.08 Å². The first-order chi connectivity index (χ1) is 13.3. The van der Waals surface area contributed by atoms with E-state index in [1.807, 2.05) is 6.08 Å². The third kappa shape index (κ3) is 12.8. The molecule has 0 N–H and O–H groups in total. The molecule has 0 aliphatic heterocycles. The zero-order chi connectivity index (χ0) is 19.6. The second-order valence-corrected chi connectivity index (χ2v) is 8.07. The molecule has 0 saturated heterocycles. The summed E-state index contributed by atoms with van der Waals surface area (Å²) in [5, 5.41) is 0. The quantitative estimate of drug-likeness (QED) is 0.237. The number of rotatable bonds is 18. The Bertz CT molecular complexity index is 432. The van der Waals surface area contributed by atoms with Crippen molar-refractivity contribution in [1.82, 2.24) is 4.90 Å². The molecule has 27 heavy (non-hydrogen) atoms. The van der Waals surface area contributed by atoms with Crippen molar-refractivity contribution in [2.75, 3.05) is 19.6 Å². The molecular weight excluding hydrogens is 326 g/mol. The van der Waals surface area contributed by atoms with Crippen LogP contribution in [0.1, 0.15) is 102 Å². The molecule has 1 nitrogen and oxygen atoms in total. The smallest absolute Gasteiger partial charge is 0.00218 e. The van der Waals surface area contributed by atoms with Crippen LogP contribution in [-0.4, -0.2) is 24.5 Å². The monoisotopic (exact) mass is 371 g/mol. The predicted octanol–water partition coefficient (Wildman–Crippen LogP) is 7.90. The maximum atomic E-state index is 3.85. The van der Waals surface area contributed by atoms with Crippen molar-refractivity contribution in [1.29, 1.82) is 0 Å². The van der Waals surface area contributed by atoms with Crippen LogP contribution in [0.3, 0.4) is 0 Å². The lowest BCUT2D eigenvalue weighted by Crippen LogP contribution is -2.28. The van der Waals surface area contributed by atoms with Gasteiger partial charge in [-0.25, -0.2) is 0 Å². The molecule has 0 aliphatic rings. The normalized spacial score (nSPS) is 11.2. The average Bonchev–Trinajstić information content (AvgIpc) is 2.71. The van der Waals surface area contributed by atoms with Crippen LogP contribution in [0, 0.1) is 0 Å². The first-order valence-electron chi connectivity index (χ1n) is 11.7. The van der Waals surface area contributed by atoms with E-state index in [2.05, 4.69) is 49.6 Å². The lowest BCUT2D eigenvalue weighted by molar-refractivity contribution is 0.263. The number of unbranched alkanes of at least 4 members (excludes halogenated alkanes) is 10. The molecule has 0 spiro atoms. The molecule has 0 heterocycles. The average molecular weight is 372 g/mol. The van der Waals surface area contributed by atoms with Crippen molar-refractivity contribution in [2.45, 2.75) is 97.3 Å². The third-order valence-electron chi connectivity index (χ3n) is 5.59. The molecular formula is C26H45N. The Morgan fingerprint density at radius 1 is 0.667 bits per heavy atom. The Morgan fingerprint density at radius 2 is 1.15 bits per heavy atom. The second-order valence-electron chi connectivity index (χ2n) is 8.07. The fraction of sp³-hybridized carbons (Fsp3) is 0.692. The Balaban J connectivity index is 2.32. The van der Waals surface area contributed by atoms with E-state index in [0.29, 0.717) is 0 Å². The van der Waals surface area contributed by atoms with Crippen LogP contribution in [0.15, 0.2) is 30.8 Å². The fourth-order valence-electron chi connectivity index (χ4n) is 3.67. The SMILES string of the molecule is C=Cc1ccc(CCN(CCCCCCCC)CCCCCCCC)cc1. The maximum absolute atomic E-state index is 3.85. The van der Waals surface area contributed by atoms with Gasteiger partial charge in [-0.15, -0.1) is 0 Å². The minimum atomic E-state index is 1.17. The van der Waals surface area contributed by atoms with Crippen LogP contribution < -0.4 is 0 Å². The summed E-state index contributed by atoms with van der Waals surface area (Å²) in [6.07, 6.45) is 19.8. The van der Waals surface area contributed by atoms with Crippen LogP contribution in [0.2, 0.25) is 0 Å². The molecule has 1 aromatic carbocycles. The number of benzene rings is 1. The highest BCUT2D eigenvalue weighted by molar-refractivity contribution is 5.47. The van der Waals surface area contributed by atoms with Crippen LogP contribution in [0.5, 0.6) is 0 Å². The summed E-state index contributed by atoms with van der Waals surface area (Å²) in [6, 6.07) is 8.91. The van der Waals surface area contributed by atoms with Gasteiger partial charge in [0.25, 0.3) is 0 Å². The van der Waals surface area contributed by atoms with E-state index in [1.54, 1.807) is 0 Å². The minimum Gasteiger partial charge on any atom is -0.303 e. The van der Waals surface area contributed by atoms with Crippen molar-refractivity contribution in [3.63, 3.8) is 0 Å². The highest BCUT2D eigenvalue weighted by Crippen LogP contribution is 2.11. The van der Waals surface area contributed by atoms with E-state index >= 15 is 0 Å². The van der Waals surface area contributed by atoms with Crippen LogP contribution in [0.25, 0.3) is 6.08 Å². The number of hydrogen-bond acceptors (Lipinski definition) is 1. The highest BCUT2D eigenvalue weighted by atomic mass is 15.1. The zero-order valence-electron chi connectivity index (χ0n) is 18.4. The maximum Gasteiger partial charge on any atom is 0.00218 e. The third-order valence-corrected chi connectivity index (χ3v) is 5.59. The number of hydrogen-bond donors (Lipinski definition) is 0. The largest absolute Gasteiger partial charge is 0.303 e. The first kappa shape index (κ1) is 24.0. The van der Waals surface area contributed by atoms with Crippen molar-refractivity contribution in [2.24, 2.45) is 0 Å². The molecule has 0 bridgehead atoms. The van der Waals surface area contributed by atoms with Gasteiger partial charge in [0.15, 0.2) is 0 Å². The van der Waals surface area contributed by atoms with Gasteiger partial charge in [0, 0.05) is 6.54 Å². The molecule has 0 atom stereocenters. The van der Waals surface area contributed by atoms with E-state index in [0.717, 1.165) is 0 Å². The standard InChI is InChI=1S/C26H45N/c1-4-7-9-11-13-15-22-27(23-16-14-12-10-8-5-2)24-21-26-19-17-25(6-3)18-20-26/h6,17-20H,3-5,7-16,21-24H2,1-2H3. The van der Waals surface area contributed by atoms with Gasteiger partial charge in [-0.2, -0.15) is 0 Å². The van der Waals surface area contributed by atoms with E-state index < -0.39 is 0 Å². The molecule has 0 aliphatic carbocycles. The summed E-state index contributed by atoms with van der Waals surface area (Å²) >= 11 is 0. The molecule has 0 unspecified atom stereocenters. The minimum absolute atomic E-state index is 1.17. The molecule has 0 radical (unpaired) electrons. The van der Waals surface area contributed by atoms with Crippen LogP contribution >= 0.6 is 0 Å². The summed E-state index contributed by atoms with van der Waals surface area (Å²) in [6.45, 7) is 12.2. The molecule has 0 fully saturated rings. The van der Waals surface area contributed by atoms with Gasteiger partial charge in [0.2, 0.25) is 0 Å². The van der Waals surface area contributed by atoms with Gasteiger partial charge in [-0.3, -0.25) is 0 Å². The molecule has 0 aromatic heterocycles. The van der Waals surface area contributed by atoms with Gasteiger partial charge < -0.3 is 4.90 Å². The van der Waals surface area contributed by atoms with Crippen LogP contribution in [-0.2, 0) is 6.42 Å². The first-order valence-corrected chi connectivity index (χ1v) is 11.7. The lowest BCUT2D eigenvalue weighted by Gasteiger charge is -2.22. The summed E-state index contributed by atoms with van der Waals surface area (Å²) in [5.41, 5.74) is 2.67. The van der Waals surface area contributed by atoms with Crippen LogP contribution in [0.4, 0.5) is 0 Å². The molecule has 154 valence electrons. The van der Waals surface area contributed by atoms with Gasteiger partial charge in [0.1, 0.15) is 0 Å². The Hall–Kier alpha value is -1.08.